The number of carboxylic acids is 1. The zero-order chi connectivity index (χ0) is 13.3. The number of hydrogen-bond donors (Lipinski definition) is 1. The van der Waals surface area contributed by atoms with Crippen LogP contribution in [0.15, 0.2) is 29.2 Å². The predicted molar refractivity (Wildman–Crippen MR) is 66.0 cm³/mol. The first-order chi connectivity index (χ1) is 8.46. The van der Waals surface area contributed by atoms with Crippen LogP contribution in [-0.4, -0.2) is 36.4 Å². The second-order valence-corrected chi connectivity index (χ2v) is 6.16. The largest absolute Gasteiger partial charge is 0.478 e. The molecule has 1 fully saturated rings. The molecule has 0 spiro atoms. The Hall–Kier alpha value is -1.40. The van der Waals surface area contributed by atoms with Gasteiger partial charge in [0.1, 0.15) is 0 Å². The highest BCUT2D eigenvalue weighted by molar-refractivity contribution is 7.89. The Morgan fingerprint density at radius 1 is 1.33 bits per heavy atom. The maximum absolute atomic E-state index is 12.3. The fourth-order valence-corrected chi connectivity index (χ4v) is 3.59. The van der Waals surface area contributed by atoms with E-state index in [0.717, 1.165) is 12.8 Å². The zero-order valence-electron chi connectivity index (χ0n) is 10.0. The second-order valence-electron chi connectivity index (χ2n) is 4.27. The third-order valence-electron chi connectivity index (χ3n) is 2.97. The number of hydrogen-bond acceptors (Lipinski definition) is 3. The minimum absolute atomic E-state index is 0.0865. The third-order valence-corrected chi connectivity index (χ3v) is 5.02. The van der Waals surface area contributed by atoms with Gasteiger partial charge in [-0.05, 0) is 37.1 Å². The van der Waals surface area contributed by atoms with Gasteiger partial charge in [0.05, 0.1) is 10.5 Å². The lowest BCUT2D eigenvalue weighted by molar-refractivity contribution is 0.0696. The normalized spacial score (nSPS) is 15.9. The first-order valence-electron chi connectivity index (χ1n) is 5.82. The number of benzene rings is 1. The first-order valence-corrected chi connectivity index (χ1v) is 7.26. The summed E-state index contributed by atoms with van der Waals surface area (Å²) < 4.78 is 26.1. The summed E-state index contributed by atoms with van der Waals surface area (Å²) in [5.74, 6) is -1.06. The minimum Gasteiger partial charge on any atom is -0.478 e. The van der Waals surface area contributed by atoms with Crippen LogP contribution in [-0.2, 0) is 10.0 Å². The molecule has 0 bridgehead atoms. The van der Waals surface area contributed by atoms with Crippen LogP contribution < -0.4 is 0 Å². The van der Waals surface area contributed by atoms with Crippen LogP contribution in [0.5, 0.6) is 0 Å². The molecule has 98 valence electrons. The van der Waals surface area contributed by atoms with Crippen molar-refractivity contribution in [3.05, 3.63) is 29.8 Å². The summed E-state index contributed by atoms with van der Waals surface area (Å²) in [4.78, 5) is 10.9. The van der Waals surface area contributed by atoms with Crippen LogP contribution in [0.4, 0.5) is 0 Å². The number of carbonyl (C=O) groups is 1. The van der Waals surface area contributed by atoms with Gasteiger partial charge in [-0.3, -0.25) is 0 Å². The van der Waals surface area contributed by atoms with E-state index in [9.17, 15) is 13.2 Å². The van der Waals surface area contributed by atoms with E-state index < -0.39 is 16.0 Å². The predicted octanol–water partition coefficient (Wildman–Crippen LogP) is 1.56. The molecule has 0 aromatic heterocycles. The summed E-state index contributed by atoms with van der Waals surface area (Å²) >= 11 is 0. The Bertz CT molecular complexity index is 546. The Morgan fingerprint density at radius 3 is 2.28 bits per heavy atom. The van der Waals surface area contributed by atoms with E-state index >= 15 is 0 Å². The van der Waals surface area contributed by atoms with Crippen molar-refractivity contribution in [1.82, 2.24) is 4.31 Å². The average molecular weight is 269 g/mol. The van der Waals surface area contributed by atoms with Gasteiger partial charge in [0.25, 0.3) is 0 Å². The van der Waals surface area contributed by atoms with Crippen LogP contribution in [0.1, 0.15) is 30.1 Å². The Labute approximate surface area is 106 Å². The van der Waals surface area contributed by atoms with Crippen LogP contribution in [0.2, 0.25) is 0 Å². The first kappa shape index (κ1) is 13.0. The molecule has 1 aliphatic carbocycles. The molecule has 1 saturated carbocycles. The summed E-state index contributed by atoms with van der Waals surface area (Å²) in [6, 6.07) is 5.44. The second kappa shape index (κ2) is 4.70. The van der Waals surface area contributed by atoms with Crippen molar-refractivity contribution in [1.29, 1.82) is 0 Å². The van der Waals surface area contributed by atoms with Crippen molar-refractivity contribution in [2.75, 3.05) is 6.54 Å². The van der Waals surface area contributed by atoms with Crippen molar-refractivity contribution >= 4 is 16.0 Å². The van der Waals surface area contributed by atoms with Gasteiger partial charge in [0.15, 0.2) is 0 Å². The highest BCUT2D eigenvalue weighted by atomic mass is 32.2. The topological polar surface area (TPSA) is 74.7 Å². The average Bonchev–Trinajstić information content (AvgIpc) is 3.14. The van der Waals surface area contributed by atoms with Gasteiger partial charge < -0.3 is 5.11 Å². The monoisotopic (exact) mass is 269 g/mol. The maximum Gasteiger partial charge on any atom is 0.335 e. The molecule has 1 aromatic carbocycles. The van der Waals surface area contributed by atoms with Crippen molar-refractivity contribution < 1.29 is 18.3 Å². The van der Waals surface area contributed by atoms with Crippen LogP contribution in [0.3, 0.4) is 0 Å². The van der Waals surface area contributed by atoms with Crippen molar-refractivity contribution in [3.8, 4) is 0 Å². The lowest BCUT2D eigenvalue weighted by Gasteiger charge is -2.19. The molecule has 0 unspecified atom stereocenters. The molecular weight excluding hydrogens is 254 g/mol. The van der Waals surface area contributed by atoms with Gasteiger partial charge in [0.2, 0.25) is 10.0 Å². The maximum atomic E-state index is 12.3. The van der Waals surface area contributed by atoms with Gasteiger partial charge in [0, 0.05) is 12.6 Å². The van der Waals surface area contributed by atoms with Gasteiger partial charge >= 0.3 is 5.97 Å². The molecule has 0 aliphatic heterocycles. The van der Waals surface area contributed by atoms with Crippen molar-refractivity contribution in [3.63, 3.8) is 0 Å². The minimum atomic E-state index is -3.49. The summed E-state index contributed by atoms with van der Waals surface area (Å²) in [7, 11) is -3.49. The number of carboxylic acid groups (broad SMARTS) is 1. The molecule has 0 amide bonds. The number of sulfonamides is 1. The summed E-state index contributed by atoms with van der Waals surface area (Å²) in [6.45, 7) is 2.25. The van der Waals surface area contributed by atoms with Crippen LogP contribution in [0, 0.1) is 0 Å². The number of nitrogens with zero attached hydrogens (tertiary/aromatic N) is 1. The SMILES string of the molecule is CCN(C1CC1)S(=O)(=O)c1ccc(C(=O)O)cc1. The van der Waals surface area contributed by atoms with Crippen molar-refractivity contribution in [2.24, 2.45) is 0 Å². The Morgan fingerprint density at radius 2 is 1.89 bits per heavy atom. The summed E-state index contributed by atoms with van der Waals surface area (Å²) in [5, 5.41) is 8.77. The zero-order valence-corrected chi connectivity index (χ0v) is 10.9. The number of aromatic carboxylic acids is 1. The van der Waals surface area contributed by atoms with Crippen molar-refractivity contribution in [2.45, 2.75) is 30.7 Å². The fraction of sp³-hybridized carbons (Fsp3) is 0.417. The highest BCUT2D eigenvalue weighted by Gasteiger charge is 2.36. The van der Waals surface area contributed by atoms with Crippen LogP contribution >= 0.6 is 0 Å². The molecule has 1 N–H and O–H groups in total. The molecular formula is C12H15NO4S. The van der Waals surface area contributed by atoms with E-state index in [2.05, 4.69) is 0 Å². The standard InChI is InChI=1S/C12H15NO4S/c1-2-13(10-5-6-10)18(16,17)11-7-3-9(4-8-11)12(14)15/h3-4,7-8,10H,2,5-6H2,1H3,(H,14,15). The molecule has 6 heteroatoms. The van der Waals surface area contributed by atoms with Gasteiger partial charge in [-0.15, -0.1) is 0 Å². The summed E-state index contributed by atoms with van der Waals surface area (Å²) in [5.41, 5.74) is 0.0865. The quantitative estimate of drug-likeness (QED) is 0.880. The van der Waals surface area contributed by atoms with Crippen LogP contribution in [0.25, 0.3) is 0 Å². The van der Waals surface area contributed by atoms with E-state index in [1.807, 2.05) is 6.92 Å². The van der Waals surface area contributed by atoms with E-state index in [0.29, 0.717) is 6.54 Å². The van der Waals surface area contributed by atoms with Gasteiger partial charge in [-0.2, -0.15) is 4.31 Å². The van der Waals surface area contributed by atoms with E-state index in [-0.39, 0.29) is 16.5 Å². The van der Waals surface area contributed by atoms with E-state index in [4.69, 9.17) is 5.11 Å². The Kier molecular flexibility index (Phi) is 3.41. The molecule has 0 atom stereocenters. The summed E-state index contributed by atoms with van der Waals surface area (Å²) in [6.07, 6.45) is 1.81. The molecule has 1 aliphatic rings. The van der Waals surface area contributed by atoms with Gasteiger partial charge in [-0.1, -0.05) is 6.92 Å². The number of rotatable bonds is 5. The van der Waals surface area contributed by atoms with E-state index in [1.165, 1.54) is 28.6 Å². The molecule has 18 heavy (non-hydrogen) atoms. The Balaban J connectivity index is 2.31. The van der Waals surface area contributed by atoms with E-state index in [1.54, 1.807) is 0 Å². The fourth-order valence-electron chi connectivity index (χ4n) is 1.89. The van der Waals surface area contributed by atoms with Gasteiger partial charge in [-0.25, -0.2) is 13.2 Å². The molecule has 2 rings (SSSR count). The highest BCUT2D eigenvalue weighted by Crippen LogP contribution is 2.31. The lowest BCUT2D eigenvalue weighted by Crippen LogP contribution is -2.32. The smallest absolute Gasteiger partial charge is 0.335 e. The molecule has 0 saturated heterocycles. The molecule has 0 heterocycles. The lowest BCUT2D eigenvalue weighted by atomic mass is 10.2. The third kappa shape index (κ3) is 2.39. The molecule has 5 nitrogen and oxygen atoms in total. The molecule has 1 aromatic rings. The molecule has 0 radical (unpaired) electrons.